The van der Waals surface area contributed by atoms with E-state index in [0.717, 1.165) is 23.9 Å². The number of halogens is 1. The number of rotatable bonds is 3. The van der Waals surface area contributed by atoms with Gasteiger partial charge in [0.1, 0.15) is 0 Å². The summed E-state index contributed by atoms with van der Waals surface area (Å²) >= 11 is 3.33. The second-order valence-electron chi connectivity index (χ2n) is 2.69. The molecular formula is C8H13BrO. The molecule has 10 heavy (non-hydrogen) atoms. The van der Waals surface area contributed by atoms with Gasteiger partial charge in [0.2, 0.25) is 0 Å². The van der Waals surface area contributed by atoms with Crippen LogP contribution in [-0.4, -0.2) is 12.7 Å². The van der Waals surface area contributed by atoms with Gasteiger partial charge in [-0.25, -0.2) is 0 Å². The van der Waals surface area contributed by atoms with Gasteiger partial charge in [0.05, 0.1) is 6.10 Å². The van der Waals surface area contributed by atoms with Crippen molar-refractivity contribution in [3.63, 3.8) is 0 Å². The van der Waals surface area contributed by atoms with Gasteiger partial charge in [0.25, 0.3) is 0 Å². The highest BCUT2D eigenvalue weighted by Gasteiger charge is 2.14. The molecule has 0 aromatic heterocycles. The van der Waals surface area contributed by atoms with Crippen LogP contribution in [0.5, 0.6) is 0 Å². The molecule has 0 amide bonds. The maximum Gasteiger partial charge on any atom is 0.0579 e. The largest absolute Gasteiger partial charge is 0.378 e. The first-order chi connectivity index (χ1) is 4.79. The fraction of sp³-hybridized carbons (Fsp3) is 0.750. The first-order valence-electron chi connectivity index (χ1n) is 3.74. The Bertz CT molecular complexity index is 116. The van der Waals surface area contributed by atoms with Gasteiger partial charge in [-0.1, -0.05) is 22.5 Å². The second kappa shape index (κ2) is 4.14. The van der Waals surface area contributed by atoms with E-state index in [1.807, 2.05) is 0 Å². The standard InChI is InChI=1S/C8H13BrO/c1-7(9)4-5-8-3-2-6-10-8/h8H,1-6H2. The number of hydrogen-bond donors (Lipinski definition) is 0. The molecule has 1 atom stereocenters. The Hall–Kier alpha value is 0.180. The van der Waals surface area contributed by atoms with Crippen LogP contribution in [0.25, 0.3) is 0 Å². The van der Waals surface area contributed by atoms with Crippen molar-refractivity contribution in [2.24, 2.45) is 0 Å². The molecule has 0 N–H and O–H groups in total. The number of hydrogen-bond acceptors (Lipinski definition) is 1. The van der Waals surface area contributed by atoms with Crippen molar-refractivity contribution < 1.29 is 4.74 Å². The first kappa shape index (κ1) is 8.28. The van der Waals surface area contributed by atoms with Crippen molar-refractivity contribution in [1.29, 1.82) is 0 Å². The van der Waals surface area contributed by atoms with Crippen LogP contribution in [0.3, 0.4) is 0 Å². The van der Waals surface area contributed by atoms with E-state index >= 15 is 0 Å². The van der Waals surface area contributed by atoms with Gasteiger partial charge in [0, 0.05) is 6.61 Å². The molecule has 2 heteroatoms. The minimum atomic E-state index is 0.509. The molecule has 0 bridgehead atoms. The normalized spacial score (nSPS) is 25.1. The highest BCUT2D eigenvalue weighted by molar-refractivity contribution is 9.11. The van der Waals surface area contributed by atoms with Crippen LogP contribution < -0.4 is 0 Å². The fourth-order valence-corrected chi connectivity index (χ4v) is 1.42. The van der Waals surface area contributed by atoms with Crippen molar-refractivity contribution in [3.05, 3.63) is 11.1 Å². The summed E-state index contributed by atoms with van der Waals surface area (Å²) < 4.78 is 6.53. The smallest absolute Gasteiger partial charge is 0.0579 e. The summed E-state index contributed by atoms with van der Waals surface area (Å²) in [6, 6.07) is 0. The van der Waals surface area contributed by atoms with Crippen molar-refractivity contribution in [1.82, 2.24) is 0 Å². The van der Waals surface area contributed by atoms with Gasteiger partial charge < -0.3 is 4.74 Å². The Kier molecular flexibility index (Phi) is 3.43. The summed E-state index contributed by atoms with van der Waals surface area (Å²) in [5.74, 6) is 0. The lowest BCUT2D eigenvalue weighted by atomic mass is 10.1. The number of ether oxygens (including phenoxy) is 1. The zero-order valence-corrected chi connectivity index (χ0v) is 7.69. The molecule has 1 unspecified atom stereocenters. The van der Waals surface area contributed by atoms with Crippen LogP contribution in [0.2, 0.25) is 0 Å². The van der Waals surface area contributed by atoms with Crippen LogP contribution in [0.1, 0.15) is 25.7 Å². The average molecular weight is 205 g/mol. The van der Waals surface area contributed by atoms with Crippen LogP contribution in [0, 0.1) is 0 Å². The zero-order chi connectivity index (χ0) is 7.40. The molecule has 0 aromatic rings. The van der Waals surface area contributed by atoms with Gasteiger partial charge in [0.15, 0.2) is 0 Å². The van der Waals surface area contributed by atoms with Crippen LogP contribution in [0.4, 0.5) is 0 Å². The van der Waals surface area contributed by atoms with E-state index in [0.29, 0.717) is 6.10 Å². The average Bonchev–Trinajstić information content (AvgIpc) is 2.34. The molecular weight excluding hydrogens is 192 g/mol. The van der Waals surface area contributed by atoms with E-state index < -0.39 is 0 Å². The van der Waals surface area contributed by atoms with E-state index in [9.17, 15) is 0 Å². The molecule has 1 saturated heterocycles. The Morgan fingerprint density at radius 1 is 1.70 bits per heavy atom. The monoisotopic (exact) mass is 204 g/mol. The zero-order valence-electron chi connectivity index (χ0n) is 6.11. The molecule has 1 nitrogen and oxygen atoms in total. The minimum absolute atomic E-state index is 0.509. The maximum absolute atomic E-state index is 5.44. The molecule has 0 aliphatic carbocycles. The first-order valence-corrected chi connectivity index (χ1v) is 4.53. The Morgan fingerprint density at radius 3 is 3.00 bits per heavy atom. The summed E-state index contributed by atoms with van der Waals surface area (Å²) in [5, 5.41) is 0. The molecule has 58 valence electrons. The van der Waals surface area contributed by atoms with Crippen molar-refractivity contribution in [2.45, 2.75) is 31.8 Å². The van der Waals surface area contributed by atoms with Crippen molar-refractivity contribution >= 4 is 15.9 Å². The molecule has 0 saturated carbocycles. The molecule has 1 aliphatic rings. The Balaban J connectivity index is 2.07. The quantitative estimate of drug-likeness (QED) is 0.688. The summed E-state index contributed by atoms with van der Waals surface area (Å²) in [4.78, 5) is 0. The van der Waals surface area contributed by atoms with E-state index in [4.69, 9.17) is 4.74 Å². The van der Waals surface area contributed by atoms with Gasteiger partial charge in [-0.2, -0.15) is 0 Å². The highest BCUT2D eigenvalue weighted by Crippen LogP contribution is 2.20. The lowest BCUT2D eigenvalue weighted by Gasteiger charge is -2.06. The summed E-state index contributed by atoms with van der Waals surface area (Å²) in [6.07, 6.45) is 5.16. The fourth-order valence-electron chi connectivity index (χ4n) is 1.19. The number of allylic oxidation sites excluding steroid dienone is 1. The van der Waals surface area contributed by atoms with E-state index in [-0.39, 0.29) is 0 Å². The molecule has 1 rings (SSSR count). The van der Waals surface area contributed by atoms with Gasteiger partial charge in [-0.05, 0) is 30.2 Å². The maximum atomic E-state index is 5.44. The molecule has 1 fully saturated rings. The van der Waals surface area contributed by atoms with Crippen LogP contribution >= 0.6 is 15.9 Å². The third-order valence-corrected chi connectivity index (χ3v) is 2.16. The van der Waals surface area contributed by atoms with Crippen molar-refractivity contribution in [2.75, 3.05) is 6.61 Å². The van der Waals surface area contributed by atoms with Gasteiger partial charge in [-0.15, -0.1) is 0 Å². The predicted molar refractivity (Wildman–Crippen MR) is 46.3 cm³/mol. The van der Waals surface area contributed by atoms with E-state index in [2.05, 4.69) is 22.5 Å². The summed E-state index contributed by atoms with van der Waals surface area (Å²) in [6.45, 7) is 4.73. The lowest BCUT2D eigenvalue weighted by molar-refractivity contribution is 0.105. The van der Waals surface area contributed by atoms with E-state index in [1.54, 1.807) is 0 Å². The van der Waals surface area contributed by atoms with E-state index in [1.165, 1.54) is 12.8 Å². The van der Waals surface area contributed by atoms with Crippen LogP contribution in [0.15, 0.2) is 11.1 Å². The predicted octanol–water partition coefficient (Wildman–Crippen LogP) is 2.85. The molecule has 0 radical (unpaired) electrons. The summed E-state index contributed by atoms with van der Waals surface area (Å²) in [7, 11) is 0. The topological polar surface area (TPSA) is 9.23 Å². The second-order valence-corrected chi connectivity index (χ2v) is 3.81. The van der Waals surface area contributed by atoms with Gasteiger partial charge in [-0.3, -0.25) is 0 Å². The van der Waals surface area contributed by atoms with Crippen molar-refractivity contribution in [3.8, 4) is 0 Å². The van der Waals surface area contributed by atoms with Crippen LogP contribution in [-0.2, 0) is 4.74 Å². The Morgan fingerprint density at radius 2 is 2.50 bits per heavy atom. The third-order valence-electron chi connectivity index (χ3n) is 1.76. The third kappa shape index (κ3) is 2.84. The lowest BCUT2D eigenvalue weighted by Crippen LogP contribution is -2.03. The molecule has 0 aromatic carbocycles. The molecule has 1 heterocycles. The molecule has 1 aliphatic heterocycles. The molecule has 0 spiro atoms. The summed E-state index contributed by atoms with van der Waals surface area (Å²) in [5.41, 5.74) is 0. The minimum Gasteiger partial charge on any atom is -0.378 e. The Labute approximate surface area is 70.6 Å². The SMILES string of the molecule is C=C(Br)CCC1CCCO1. The highest BCUT2D eigenvalue weighted by atomic mass is 79.9. The van der Waals surface area contributed by atoms with Gasteiger partial charge >= 0.3 is 0 Å².